The minimum Gasteiger partial charge on any atom is -0.443 e. The van der Waals surface area contributed by atoms with Crippen LogP contribution in [0.4, 0.5) is 14.0 Å². The SMILES string of the molecule is CC(C)(C)OC(=O)OCC1(CCN)C[C@@H](Cc2ccc(-c3cc(Cl)ccc3F)cc2)N(C(=O)OC(C)(C)C)C1=O. The van der Waals surface area contributed by atoms with Crippen molar-refractivity contribution in [1.82, 2.24) is 4.90 Å². The van der Waals surface area contributed by atoms with Crippen molar-refractivity contribution in [1.29, 1.82) is 0 Å². The fourth-order valence-corrected chi connectivity index (χ4v) is 4.90. The third kappa shape index (κ3) is 7.95. The third-order valence-corrected chi connectivity index (χ3v) is 6.63. The monoisotopic (exact) mass is 576 g/mol. The van der Waals surface area contributed by atoms with Crippen LogP contribution in [0.2, 0.25) is 5.02 Å². The molecule has 0 aromatic heterocycles. The number of hydrogen-bond donors (Lipinski definition) is 1. The van der Waals surface area contributed by atoms with Crippen LogP contribution in [0.3, 0.4) is 0 Å². The molecule has 0 bridgehead atoms. The van der Waals surface area contributed by atoms with Crippen LogP contribution in [-0.4, -0.2) is 53.5 Å². The molecule has 0 radical (unpaired) electrons. The average Bonchev–Trinajstić information content (AvgIpc) is 3.09. The minimum absolute atomic E-state index is 0.137. The van der Waals surface area contributed by atoms with Crippen molar-refractivity contribution in [3.8, 4) is 11.1 Å². The Morgan fingerprint density at radius 1 is 1.05 bits per heavy atom. The number of rotatable bonds is 7. The summed E-state index contributed by atoms with van der Waals surface area (Å²) < 4.78 is 30.6. The summed E-state index contributed by atoms with van der Waals surface area (Å²) in [5.74, 6) is -0.912. The van der Waals surface area contributed by atoms with Crippen molar-refractivity contribution < 1.29 is 33.0 Å². The standard InChI is InChI=1S/C30H38ClFN2O6/c1-28(2,3)39-26(36)34-22(15-19-7-9-20(10-8-19)23-16-21(31)11-12-24(23)32)17-30(13-14-33,25(34)35)18-38-27(37)40-29(4,5)6/h7-12,16,22H,13-15,17-18,33H2,1-6H3/t22-,30?/m1/s1. The normalized spacial score (nSPS) is 19.5. The second-order valence-corrected chi connectivity index (χ2v) is 12.5. The maximum atomic E-state index is 14.4. The van der Waals surface area contributed by atoms with E-state index in [4.69, 9.17) is 31.5 Å². The van der Waals surface area contributed by atoms with Gasteiger partial charge in [0.15, 0.2) is 0 Å². The Morgan fingerprint density at radius 2 is 1.68 bits per heavy atom. The summed E-state index contributed by atoms with van der Waals surface area (Å²) in [6.07, 6.45) is -0.987. The van der Waals surface area contributed by atoms with E-state index in [1.807, 2.05) is 12.1 Å². The van der Waals surface area contributed by atoms with E-state index in [2.05, 4.69) is 0 Å². The number of amides is 2. The van der Waals surface area contributed by atoms with Crippen LogP contribution < -0.4 is 5.73 Å². The fraction of sp³-hybridized carbons (Fsp3) is 0.500. The molecule has 2 aromatic rings. The van der Waals surface area contributed by atoms with Crippen LogP contribution in [0.25, 0.3) is 11.1 Å². The molecule has 1 aliphatic heterocycles. The Balaban J connectivity index is 1.89. The summed E-state index contributed by atoms with van der Waals surface area (Å²) in [4.78, 5) is 40.5. The number of hydrogen-bond acceptors (Lipinski definition) is 7. The molecule has 218 valence electrons. The number of benzene rings is 2. The van der Waals surface area contributed by atoms with E-state index in [0.29, 0.717) is 22.6 Å². The van der Waals surface area contributed by atoms with Gasteiger partial charge in [-0.15, -0.1) is 0 Å². The minimum atomic E-state index is -1.23. The van der Waals surface area contributed by atoms with E-state index in [1.165, 1.54) is 12.1 Å². The molecule has 0 saturated carbocycles. The number of halogens is 2. The Morgan fingerprint density at radius 3 is 2.25 bits per heavy atom. The summed E-state index contributed by atoms with van der Waals surface area (Å²) in [5.41, 5.74) is 4.86. The smallest absolute Gasteiger partial charge is 0.443 e. The van der Waals surface area contributed by atoms with Crippen molar-refractivity contribution in [3.05, 3.63) is 58.9 Å². The van der Waals surface area contributed by atoms with Crippen molar-refractivity contribution in [2.45, 2.75) is 78.0 Å². The highest BCUT2D eigenvalue weighted by molar-refractivity contribution is 6.30. The highest BCUT2D eigenvalue weighted by Gasteiger charge is 2.55. The lowest BCUT2D eigenvalue weighted by Gasteiger charge is -2.29. The zero-order valence-corrected chi connectivity index (χ0v) is 24.6. The maximum Gasteiger partial charge on any atom is 0.508 e. The lowest BCUT2D eigenvalue weighted by molar-refractivity contribution is -0.138. The van der Waals surface area contributed by atoms with Crippen molar-refractivity contribution >= 4 is 29.8 Å². The van der Waals surface area contributed by atoms with Gasteiger partial charge in [0.2, 0.25) is 5.91 Å². The van der Waals surface area contributed by atoms with Gasteiger partial charge in [0.25, 0.3) is 0 Å². The average molecular weight is 577 g/mol. The molecule has 0 aliphatic carbocycles. The first-order valence-corrected chi connectivity index (χ1v) is 13.6. The summed E-state index contributed by atoms with van der Waals surface area (Å²) in [7, 11) is 0. The summed E-state index contributed by atoms with van der Waals surface area (Å²) in [6.45, 7) is 10.1. The topological polar surface area (TPSA) is 108 Å². The molecule has 1 heterocycles. The fourth-order valence-electron chi connectivity index (χ4n) is 4.72. The van der Waals surface area contributed by atoms with Gasteiger partial charge < -0.3 is 19.9 Å². The zero-order valence-electron chi connectivity index (χ0n) is 23.9. The molecular weight excluding hydrogens is 539 g/mol. The van der Waals surface area contributed by atoms with E-state index in [0.717, 1.165) is 10.5 Å². The van der Waals surface area contributed by atoms with Gasteiger partial charge in [-0.25, -0.2) is 18.9 Å². The number of ether oxygens (including phenoxy) is 3. The van der Waals surface area contributed by atoms with E-state index in [1.54, 1.807) is 59.7 Å². The molecule has 40 heavy (non-hydrogen) atoms. The number of nitrogens with zero attached hydrogens (tertiary/aromatic N) is 1. The van der Waals surface area contributed by atoms with E-state index >= 15 is 0 Å². The van der Waals surface area contributed by atoms with Crippen LogP contribution in [0.5, 0.6) is 0 Å². The molecule has 8 nitrogen and oxygen atoms in total. The molecule has 1 aliphatic rings. The predicted octanol–water partition coefficient (Wildman–Crippen LogP) is 6.51. The van der Waals surface area contributed by atoms with E-state index < -0.39 is 46.6 Å². The van der Waals surface area contributed by atoms with E-state index in [9.17, 15) is 18.8 Å². The van der Waals surface area contributed by atoms with Crippen LogP contribution in [0.15, 0.2) is 42.5 Å². The number of carbonyl (C=O) groups is 3. The third-order valence-electron chi connectivity index (χ3n) is 6.40. The molecule has 1 saturated heterocycles. The molecule has 2 aromatic carbocycles. The quantitative estimate of drug-likeness (QED) is 0.374. The number of likely N-dealkylation sites (tertiary alicyclic amines) is 1. The van der Waals surface area contributed by atoms with Crippen LogP contribution >= 0.6 is 11.6 Å². The molecule has 0 spiro atoms. The Labute approximate surface area is 239 Å². The van der Waals surface area contributed by atoms with Crippen molar-refractivity contribution in [2.75, 3.05) is 13.2 Å². The first-order chi connectivity index (χ1) is 18.5. The van der Waals surface area contributed by atoms with Crippen LogP contribution in [0.1, 0.15) is 59.9 Å². The number of nitrogens with two attached hydrogens (primary N) is 1. The van der Waals surface area contributed by atoms with Gasteiger partial charge in [0, 0.05) is 16.6 Å². The lowest BCUT2D eigenvalue weighted by atomic mass is 9.81. The van der Waals surface area contributed by atoms with Crippen molar-refractivity contribution in [2.24, 2.45) is 11.1 Å². The van der Waals surface area contributed by atoms with Gasteiger partial charge in [-0.2, -0.15) is 0 Å². The largest absolute Gasteiger partial charge is 0.508 e. The van der Waals surface area contributed by atoms with Gasteiger partial charge in [-0.1, -0.05) is 35.9 Å². The predicted molar refractivity (Wildman–Crippen MR) is 150 cm³/mol. The van der Waals surface area contributed by atoms with Crippen molar-refractivity contribution in [3.63, 3.8) is 0 Å². The zero-order chi connectivity index (χ0) is 29.9. The molecule has 1 fully saturated rings. The Kier molecular flexibility index (Phi) is 9.52. The first kappa shape index (κ1) is 31.4. The van der Waals surface area contributed by atoms with Gasteiger partial charge >= 0.3 is 12.2 Å². The molecule has 10 heteroatoms. The van der Waals surface area contributed by atoms with E-state index in [-0.39, 0.29) is 26.0 Å². The Bertz CT molecular complexity index is 1240. The number of imide groups is 1. The highest BCUT2D eigenvalue weighted by atomic mass is 35.5. The lowest BCUT2D eigenvalue weighted by Crippen LogP contribution is -2.46. The Hall–Kier alpha value is -3.17. The maximum absolute atomic E-state index is 14.4. The summed E-state index contributed by atoms with van der Waals surface area (Å²) >= 11 is 6.05. The molecule has 3 rings (SSSR count). The van der Waals surface area contributed by atoms with Crippen LogP contribution in [0, 0.1) is 11.2 Å². The molecule has 2 amide bonds. The van der Waals surface area contributed by atoms with Crippen LogP contribution in [-0.2, 0) is 25.4 Å². The molecule has 2 atom stereocenters. The summed E-state index contributed by atoms with van der Waals surface area (Å²) in [5, 5.41) is 0.419. The second-order valence-electron chi connectivity index (χ2n) is 12.1. The van der Waals surface area contributed by atoms with Gasteiger partial charge in [-0.05, 0) is 96.7 Å². The van der Waals surface area contributed by atoms with Gasteiger partial charge in [-0.3, -0.25) is 4.79 Å². The first-order valence-electron chi connectivity index (χ1n) is 13.2. The highest BCUT2D eigenvalue weighted by Crippen LogP contribution is 2.42. The second kappa shape index (κ2) is 12.1. The number of carbonyl (C=O) groups excluding carboxylic acids is 3. The molecular formula is C30H38ClFN2O6. The summed E-state index contributed by atoms with van der Waals surface area (Å²) in [6, 6.07) is 10.9. The molecule has 2 N–H and O–H groups in total. The molecule has 1 unspecified atom stereocenters. The van der Waals surface area contributed by atoms with Gasteiger partial charge in [0.1, 0.15) is 23.6 Å². The van der Waals surface area contributed by atoms with Gasteiger partial charge in [0.05, 0.1) is 5.41 Å².